The summed E-state index contributed by atoms with van der Waals surface area (Å²) in [4.78, 5) is 11.3. The number of nitrogens with one attached hydrogen (secondary N) is 1. The number of alkyl carbamates (subject to hydrolysis) is 1. The Morgan fingerprint density at radius 2 is 1.83 bits per heavy atom. The molecule has 1 fully saturated rings. The number of carbonyl (C=O) groups excluding carboxylic acids is 1. The monoisotopic (exact) mass is 397 g/mol. The van der Waals surface area contributed by atoms with E-state index in [0.29, 0.717) is 6.61 Å². The number of hydrogen-bond acceptors (Lipinski definition) is 2. The Morgan fingerprint density at radius 1 is 1.28 bits per heavy atom. The highest BCUT2D eigenvalue weighted by atomic mass is 79.9. The number of amides is 1. The summed E-state index contributed by atoms with van der Waals surface area (Å²) >= 11 is 6.92. The molecule has 0 bridgehead atoms. The van der Waals surface area contributed by atoms with Gasteiger partial charge in [0.2, 0.25) is 0 Å². The number of cyclic esters (lactones) is 1. The minimum atomic E-state index is -0.356. The molecule has 0 aromatic heterocycles. The average molecular weight is 400 g/mol. The van der Waals surface area contributed by atoms with Crippen LogP contribution in [0.25, 0.3) is 0 Å². The van der Waals surface area contributed by atoms with Gasteiger partial charge in [-0.05, 0) is 23.8 Å². The van der Waals surface area contributed by atoms with E-state index in [1.165, 1.54) is 0 Å². The fourth-order valence-corrected chi connectivity index (χ4v) is 3.30. The van der Waals surface area contributed by atoms with E-state index >= 15 is 0 Å². The molecule has 3 nitrogen and oxygen atoms in total. The van der Waals surface area contributed by atoms with Crippen molar-refractivity contribution in [1.82, 2.24) is 5.32 Å². The smallest absolute Gasteiger partial charge is 0.407 e. The maximum Gasteiger partial charge on any atom is 0.407 e. The van der Waals surface area contributed by atoms with Crippen molar-refractivity contribution >= 4 is 50.4 Å². The van der Waals surface area contributed by atoms with Crippen molar-refractivity contribution < 1.29 is 9.53 Å². The molecule has 1 amide bonds. The summed E-state index contributed by atoms with van der Waals surface area (Å²) in [7, 11) is 0. The van der Waals surface area contributed by atoms with Gasteiger partial charge >= 0.3 is 6.09 Å². The van der Waals surface area contributed by atoms with Gasteiger partial charge in [0.25, 0.3) is 0 Å². The molecule has 6 heteroatoms. The lowest BCUT2D eigenvalue weighted by Crippen LogP contribution is -2.46. The van der Waals surface area contributed by atoms with Gasteiger partial charge in [0.1, 0.15) is 6.61 Å². The lowest BCUT2D eigenvalue weighted by Gasteiger charge is -2.38. The highest BCUT2D eigenvalue weighted by Gasteiger charge is 2.37. The first kappa shape index (κ1) is 15.8. The Morgan fingerprint density at radius 3 is 2.39 bits per heavy atom. The van der Waals surface area contributed by atoms with Crippen LogP contribution >= 0.6 is 44.3 Å². The molecule has 100 valence electrons. The molecule has 0 radical (unpaired) electrons. The fraction of sp³-hybridized carbons (Fsp3) is 0.417. The lowest BCUT2D eigenvalue weighted by molar-refractivity contribution is 0.0387. The molecule has 1 atom stereocenters. The van der Waals surface area contributed by atoms with Gasteiger partial charge < -0.3 is 10.1 Å². The fourth-order valence-electron chi connectivity index (χ4n) is 1.97. The second-order valence-electron chi connectivity index (χ2n) is 4.84. The zero-order valence-corrected chi connectivity index (χ0v) is 14.0. The van der Waals surface area contributed by atoms with E-state index in [4.69, 9.17) is 4.74 Å². The molecule has 1 aliphatic heterocycles. The molecule has 0 spiro atoms. The minimum absolute atomic E-state index is 0. The molecular weight excluding hydrogens is 385 g/mol. The van der Waals surface area contributed by atoms with E-state index in [1.54, 1.807) is 0 Å². The highest BCUT2D eigenvalue weighted by Crippen LogP contribution is 2.38. The van der Waals surface area contributed by atoms with Crippen LogP contribution in [-0.4, -0.2) is 12.7 Å². The second kappa shape index (κ2) is 5.80. The van der Waals surface area contributed by atoms with Crippen LogP contribution in [0.15, 0.2) is 27.1 Å². The third-order valence-electron chi connectivity index (χ3n) is 2.84. The minimum Gasteiger partial charge on any atom is -0.449 e. The van der Waals surface area contributed by atoms with Gasteiger partial charge in [0.05, 0.1) is 6.04 Å². The van der Waals surface area contributed by atoms with Gasteiger partial charge in [-0.2, -0.15) is 0 Å². The van der Waals surface area contributed by atoms with Crippen molar-refractivity contribution in [2.24, 2.45) is 5.41 Å². The van der Waals surface area contributed by atoms with E-state index < -0.39 is 0 Å². The maximum atomic E-state index is 11.3. The van der Waals surface area contributed by atoms with Gasteiger partial charge in [0.15, 0.2) is 0 Å². The summed E-state index contributed by atoms with van der Waals surface area (Å²) in [5.41, 5.74) is 0.932. The third kappa shape index (κ3) is 3.39. The summed E-state index contributed by atoms with van der Waals surface area (Å²) in [6, 6.07) is 5.96. The van der Waals surface area contributed by atoms with E-state index in [9.17, 15) is 4.79 Å². The van der Waals surface area contributed by atoms with Crippen LogP contribution in [-0.2, 0) is 4.74 Å². The topological polar surface area (TPSA) is 38.3 Å². The van der Waals surface area contributed by atoms with Crippen LogP contribution < -0.4 is 5.32 Å². The molecule has 1 N–H and O–H groups in total. The van der Waals surface area contributed by atoms with Crippen LogP contribution in [0.5, 0.6) is 0 Å². The first-order valence-corrected chi connectivity index (χ1v) is 6.86. The molecule has 18 heavy (non-hydrogen) atoms. The maximum absolute atomic E-state index is 11.3. The quantitative estimate of drug-likeness (QED) is 0.758. The van der Waals surface area contributed by atoms with E-state index in [2.05, 4.69) is 51.0 Å². The van der Waals surface area contributed by atoms with Crippen LogP contribution in [0.2, 0.25) is 0 Å². The highest BCUT2D eigenvalue weighted by molar-refractivity contribution is 9.11. The Kier molecular flexibility index (Phi) is 5.09. The van der Waals surface area contributed by atoms with E-state index in [-0.39, 0.29) is 30.0 Å². The van der Waals surface area contributed by atoms with Gasteiger partial charge in [-0.15, -0.1) is 12.4 Å². The number of carbonyl (C=O) groups is 1. The Bertz CT molecular complexity index is 445. The SMILES string of the molecule is CC1(C)COC(=O)N[C@H]1c1cc(Br)cc(Br)c1.Cl. The molecule has 0 saturated carbocycles. The first-order valence-electron chi connectivity index (χ1n) is 5.28. The lowest BCUT2D eigenvalue weighted by atomic mass is 9.80. The number of benzene rings is 1. The van der Waals surface area contributed by atoms with Gasteiger partial charge in [0, 0.05) is 14.4 Å². The summed E-state index contributed by atoms with van der Waals surface area (Å²) in [5, 5.41) is 2.87. The molecule has 1 aliphatic rings. The average Bonchev–Trinajstić information content (AvgIpc) is 2.20. The Labute approximate surface area is 129 Å². The van der Waals surface area contributed by atoms with Crippen molar-refractivity contribution in [3.05, 3.63) is 32.7 Å². The normalized spacial score (nSPS) is 21.6. The largest absolute Gasteiger partial charge is 0.449 e. The van der Waals surface area contributed by atoms with Crippen molar-refractivity contribution in [2.75, 3.05) is 6.61 Å². The van der Waals surface area contributed by atoms with Crippen molar-refractivity contribution in [1.29, 1.82) is 0 Å². The second-order valence-corrected chi connectivity index (χ2v) is 6.68. The van der Waals surface area contributed by atoms with Crippen molar-refractivity contribution in [3.63, 3.8) is 0 Å². The molecule has 0 aliphatic carbocycles. The number of rotatable bonds is 1. The first-order chi connectivity index (χ1) is 7.88. The number of hydrogen-bond donors (Lipinski definition) is 1. The molecule has 0 unspecified atom stereocenters. The summed E-state index contributed by atoms with van der Waals surface area (Å²) < 4.78 is 7.00. The molecular formula is C12H14Br2ClNO2. The van der Waals surface area contributed by atoms with Crippen LogP contribution in [0.3, 0.4) is 0 Å². The van der Waals surface area contributed by atoms with E-state index in [1.807, 2.05) is 18.2 Å². The van der Waals surface area contributed by atoms with Gasteiger partial charge in [-0.1, -0.05) is 45.7 Å². The van der Waals surface area contributed by atoms with Crippen molar-refractivity contribution in [3.8, 4) is 0 Å². The number of ether oxygens (including phenoxy) is 1. The standard InChI is InChI=1S/C12H13Br2NO2.ClH/c1-12(2)6-17-11(16)15-10(12)7-3-8(13)5-9(14)4-7;/h3-5,10H,6H2,1-2H3,(H,15,16);1H/t10-;/m0./s1. The Balaban J connectivity index is 0.00000162. The third-order valence-corrected chi connectivity index (χ3v) is 3.75. The van der Waals surface area contributed by atoms with Crippen LogP contribution in [0, 0.1) is 5.41 Å². The molecule has 2 rings (SSSR count). The van der Waals surface area contributed by atoms with Crippen LogP contribution in [0.4, 0.5) is 4.79 Å². The van der Waals surface area contributed by atoms with E-state index in [0.717, 1.165) is 14.5 Å². The molecule has 1 aromatic carbocycles. The Hall–Kier alpha value is -0.260. The summed E-state index contributed by atoms with van der Waals surface area (Å²) in [6.07, 6.45) is -0.356. The van der Waals surface area contributed by atoms with Gasteiger partial charge in [-0.25, -0.2) is 4.79 Å². The molecule has 1 saturated heterocycles. The number of halogens is 3. The summed E-state index contributed by atoms with van der Waals surface area (Å²) in [5.74, 6) is 0. The molecule has 1 aromatic rings. The van der Waals surface area contributed by atoms with Crippen molar-refractivity contribution in [2.45, 2.75) is 19.9 Å². The summed E-state index contributed by atoms with van der Waals surface area (Å²) in [6.45, 7) is 4.57. The molecule has 1 heterocycles. The zero-order chi connectivity index (χ0) is 12.6. The predicted molar refractivity (Wildman–Crippen MR) is 80.1 cm³/mol. The predicted octanol–water partition coefficient (Wildman–Crippen LogP) is 4.44. The van der Waals surface area contributed by atoms with Crippen LogP contribution in [0.1, 0.15) is 25.5 Å². The zero-order valence-electron chi connectivity index (χ0n) is 10.00. The van der Waals surface area contributed by atoms with Gasteiger partial charge in [-0.3, -0.25) is 0 Å².